The number of benzene rings is 2. The lowest BCUT2D eigenvalue weighted by molar-refractivity contribution is -0.138. The van der Waals surface area contributed by atoms with Gasteiger partial charge in [-0.3, -0.25) is 9.69 Å². The molecule has 5 nitrogen and oxygen atoms in total. The first-order valence-corrected chi connectivity index (χ1v) is 8.10. The van der Waals surface area contributed by atoms with E-state index in [2.05, 4.69) is 6.07 Å². The molecule has 25 heavy (non-hydrogen) atoms. The topological polar surface area (TPSA) is 73.6 Å². The second kappa shape index (κ2) is 8.86. The molecule has 0 unspecified atom stereocenters. The third-order valence-electron chi connectivity index (χ3n) is 4.05. The Bertz CT molecular complexity index is 750. The number of hydrogen-bond donors (Lipinski definition) is 1. The van der Waals surface area contributed by atoms with Crippen molar-refractivity contribution in [3.05, 3.63) is 65.2 Å². The normalized spacial score (nSPS) is 11.8. The van der Waals surface area contributed by atoms with Crippen LogP contribution in [0.15, 0.2) is 48.5 Å². The molecule has 5 heteroatoms. The molecule has 2 aromatic rings. The van der Waals surface area contributed by atoms with E-state index in [9.17, 15) is 4.79 Å². The zero-order valence-corrected chi connectivity index (χ0v) is 14.5. The van der Waals surface area contributed by atoms with E-state index in [-0.39, 0.29) is 12.6 Å². The van der Waals surface area contributed by atoms with Crippen LogP contribution in [-0.2, 0) is 17.8 Å². The number of nitriles is 1. The van der Waals surface area contributed by atoms with Crippen molar-refractivity contribution < 1.29 is 14.6 Å². The van der Waals surface area contributed by atoms with E-state index in [0.29, 0.717) is 12.2 Å². The summed E-state index contributed by atoms with van der Waals surface area (Å²) in [5, 5.41) is 17.8. The molecule has 0 radical (unpaired) electrons. The molecule has 2 aromatic carbocycles. The summed E-state index contributed by atoms with van der Waals surface area (Å²) in [5.41, 5.74) is 2.70. The number of carboxylic acid groups (broad SMARTS) is 1. The predicted octanol–water partition coefficient (Wildman–Crippen LogP) is 3.08. The fourth-order valence-electron chi connectivity index (χ4n) is 2.49. The average molecular weight is 338 g/mol. The number of rotatable bonds is 8. The lowest BCUT2D eigenvalue weighted by atomic mass is 10.1. The molecular weight excluding hydrogens is 316 g/mol. The quantitative estimate of drug-likeness (QED) is 0.801. The molecular formula is C20H22N2O3. The van der Waals surface area contributed by atoms with Crippen LogP contribution in [0.3, 0.4) is 0 Å². The second-order valence-electron chi connectivity index (χ2n) is 6.11. The van der Waals surface area contributed by atoms with Crippen LogP contribution >= 0.6 is 0 Å². The van der Waals surface area contributed by atoms with Gasteiger partial charge in [0.25, 0.3) is 0 Å². The number of aliphatic carboxylic acids is 1. The van der Waals surface area contributed by atoms with Gasteiger partial charge in [0.1, 0.15) is 12.4 Å². The van der Waals surface area contributed by atoms with E-state index < -0.39 is 5.97 Å². The molecule has 1 N–H and O–H groups in total. The first-order chi connectivity index (χ1) is 12.0. The van der Waals surface area contributed by atoms with Crippen LogP contribution in [0.2, 0.25) is 0 Å². The Labute approximate surface area is 148 Å². The molecule has 0 saturated carbocycles. The van der Waals surface area contributed by atoms with Gasteiger partial charge in [0, 0.05) is 6.04 Å². The van der Waals surface area contributed by atoms with Crippen molar-refractivity contribution in [3.8, 4) is 11.8 Å². The highest BCUT2D eigenvalue weighted by Crippen LogP contribution is 2.16. The maximum atomic E-state index is 10.8. The summed E-state index contributed by atoms with van der Waals surface area (Å²) in [4.78, 5) is 12.6. The molecule has 0 bridgehead atoms. The molecule has 0 heterocycles. The average Bonchev–Trinajstić information content (AvgIpc) is 2.60. The first-order valence-electron chi connectivity index (χ1n) is 8.10. The molecule has 0 aliphatic rings. The minimum absolute atomic E-state index is 0.0319. The van der Waals surface area contributed by atoms with Crippen LogP contribution in [0, 0.1) is 11.3 Å². The van der Waals surface area contributed by atoms with Gasteiger partial charge in [-0.25, -0.2) is 0 Å². The lowest BCUT2D eigenvalue weighted by Gasteiger charge is -2.22. The molecule has 0 aliphatic carbocycles. The van der Waals surface area contributed by atoms with Crippen LogP contribution in [0.1, 0.15) is 23.6 Å². The summed E-state index contributed by atoms with van der Waals surface area (Å²) in [5.74, 6) is -0.0591. The predicted molar refractivity (Wildman–Crippen MR) is 95.4 cm³/mol. The minimum Gasteiger partial charge on any atom is -0.489 e. The fourth-order valence-corrected chi connectivity index (χ4v) is 2.49. The van der Waals surface area contributed by atoms with Gasteiger partial charge in [0.15, 0.2) is 0 Å². The summed E-state index contributed by atoms with van der Waals surface area (Å²) in [6.45, 7) is 2.45. The standard InChI is InChI=1S/C20H22N2O3/c1-15(22(2)13-20(23)24)10-16-6-8-19(9-7-16)25-14-18-5-3-4-17(11-18)12-21/h3-9,11,15H,10,13-14H2,1-2H3,(H,23,24)/t15-/m1/s1. The smallest absolute Gasteiger partial charge is 0.317 e. The van der Waals surface area contributed by atoms with Gasteiger partial charge in [0.05, 0.1) is 18.2 Å². The Morgan fingerprint density at radius 3 is 2.60 bits per heavy atom. The van der Waals surface area contributed by atoms with E-state index in [1.54, 1.807) is 6.07 Å². The maximum absolute atomic E-state index is 10.8. The van der Waals surface area contributed by atoms with Gasteiger partial charge >= 0.3 is 5.97 Å². The Kier molecular flexibility index (Phi) is 6.55. The SMILES string of the molecule is C[C@H](Cc1ccc(OCc2cccc(C#N)c2)cc1)N(C)CC(=O)O. The lowest BCUT2D eigenvalue weighted by Crippen LogP contribution is -2.35. The molecule has 130 valence electrons. The van der Waals surface area contributed by atoms with Crippen LogP contribution in [0.5, 0.6) is 5.75 Å². The largest absolute Gasteiger partial charge is 0.489 e. The molecule has 0 spiro atoms. The van der Waals surface area contributed by atoms with Crippen molar-refractivity contribution in [3.63, 3.8) is 0 Å². The Morgan fingerprint density at radius 2 is 1.96 bits per heavy atom. The summed E-state index contributed by atoms with van der Waals surface area (Å²) in [6, 6.07) is 17.4. The van der Waals surface area contributed by atoms with Crippen LogP contribution in [0.25, 0.3) is 0 Å². The van der Waals surface area contributed by atoms with E-state index in [4.69, 9.17) is 15.1 Å². The third kappa shape index (κ3) is 5.94. The number of carboxylic acids is 1. The van der Waals surface area contributed by atoms with Gasteiger partial charge < -0.3 is 9.84 Å². The number of carbonyl (C=O) groups is 1. The van der Waals surface area contributed by atoms with Gasteiger partial charge in [-0.1, -0.05) is 24.3 Å². The number of likely N-dealkylation sites (N-methyl/N-ethyl adjacent to an activating group) is 1. The van der Waals surface area contributed by atoms with Crippen molar-refractivity contribution >= 4 is 5.97 Å². The monoisotopic (exact) mass is 338 g/mol. The second-order valence-corrected chi connectivity index (χ2v) is 6.11. The zero-order valence-electron chi connectivity index (χ0n) is 14.5. The summed E-state index contributed by atoms with van der Waals surface area (Å²) in [6.07, 6.45) is 0.772. The van der Waals surface area contributed by atoms with Gasteiger partial charge in [-0.2, -0.15) is 5.26 Å². The number of hydrogen-bond acceptors (Lipinski definition) is 4. The highest BCUT2D eigenvalue weighted by Gasteiger charge is 2.12. The molecule has 0 amide bonds. The minimum atomic E-state index is -0.821. The van der Waals surface area contributed by atoms with E-state index in [1.165, 1.54) is 0 Å². The maximum Gasteiger partial charge on any atom is 0.317 e. The van der Waals surface area contributed by atoms with Crippen molar-refractivity contribution in [1.82, 2.24) is 4.90 Å². The third-order valence-corrected chi connectivity index (χ3v) is 4.05. The zero-order chi connectivity index (χ0) is 18.2. The fraction of sp³-hybridized carbons (Fsp3) is 0.300. The van der Waals surface area contributed by atoms with Gasteiger partial charge in [-0.15, -0.1) is 0 Å². The van der Waals surface area contributed by atoms with E-state index in [1.807, 2.05) is 61.3 Å². The molecule has 0 aliphatic heterocycles. The molecule has 1 atom stereocenters. The van der Waals surface area contributed by atoms with Gasteiger partial charge in [-0.05, 0) is 55.8 Å². The van der Waals surface area contributed by atoms with Crippen LogP contribution < -0.4 is 4.74 Å². The van der Waals surface area contributed by atoms with Crippen molar-refractivity contribution in [2.24, 2.45) is 0 Å². The summed E-state index contributed by atoms with van der Waals surface area (Å²) < 4.78 is 5.75. The Hall–Kier alpha value is -2.84. The molecule has 2 rings (SSSR count). The van der Waals surface area contributed by atoms with E-state index in [0.717, 1.165) is 23.3 Å². The molecule has 0 aromatic heterocycles. The van der Waals surface area contributed by atoms with Gasteiger partial charge in [0.2, 0.25) is 0 Å². The van der Waals surface area contributed by atoms with Crippen molar-refractivity contribution in [1.29, 1.82) is 5.26 Å². The summed E-state index contributed by atoms with van der Waals surface area (Å²) >= 11 is 0. The van der Waals surface area contributed by atoms with E-state index >= 15 is 0 Å². The molecule has 0 saturated heterocycles. The summed E-state index contributed by atoms with van der Waals surface area (Å²) in [7, 11) is 1.81. The first kappa shape index (κ1) is 18.5. The van der Waals surface area contributed by atoms with Crippen molar-refractivity contribution in [2.75, 3.05) is 13.6 Å². The highest BCUT2D eigenvalue weighted by molar-refractivity contribution is 5.69. The number of nitrogens with zero attached hydrogens (tertiary/aromatic N) is 2. The molecule has 0 fully saturated rings. The Balaban J connectivity index is 1.89. The highest BCUT2D eigenvalue weighted by atomic mass is 16.5. The van der Waals surface area contributed by atoms with Crippen LogP contribution in [0.4, 0.5) is 0 Å². The number of ether oxygens (including phenoxy) is 1. The van der Waals surface area contributed by atoms with Crippen molar-refractivity contribution in [2.45, 2.75) is 26.0 Å². The Morgan fingerprint density at radius 1 is 1.24 bits per heavy atom. The van der Waals surface area contributed by atoms with Crippen LogP contribution in [-0.4, -0.2) is 35.6 Å².